The van der Waals surface area contributed by atoms with E-state index in [4.69, 9.17) is 0 Å². The van der Waals surface area contributed by atoms with Gasteiger partial charge in [-0.25, -0.2) is 0 Å². The van der Waals surface area contributed by atoms with E-state index in [9.17, 15) is 0 Å². The first-order chi connectivity index (χ1) is 5.66. The van der Waals surface area contributed by atoms with Gasteiger partial charge in [-0.2, -0.15) is 56.4 Å². The summed E-state index contributed by atoms with van der Waals surface area (Å²) in [5, 5.41) is 14.0. The smallest absolute Gasteiger partial charge is 0.668 e. The Bertz CT molecular complexity index is 27.3. The molecule has 0 bridgehead atoms. The Morgan fingerprint density at radius 2 is 0.357 bits per heavy atom. The van der Waals surface area contributed by atoms with Gasteiger partial charge in [0.05, 0.1) is 0 Å². The first kappa shape index (κ1) is 36.2. The van der Waals surface area contributed by atoms with Crippen molar-refractivity contribution in [2.75, 3.05) is 56.4 Å². The molecule has 4 nitrogen and oxygen atoms in total. The summed E-state index contributed by atoms with van der Waals surface area (Å²) < 4.78 is 0. The van der Waals surface area contributed by atoms with Gasteiger partial charge in [0.15, 0.2) is 0 Å². The molecule has 0 rings (SSSR count). The molecule has 0 fully saturated rings. The topological polar surface area (TPSA) is 56.4 Å². The quantitative estimate of drug-likeness (QED) is 0.608. The molecular formula is C8H24N4Ti2+4. The third kappa shape index (κ3) is 1240. The van der Waals surface area contributed by atoms with Crippen molar-refractivity contribution in [3.05, 3.63) is 21.3 Å². The predicted molar refractivity (Wildman–Crippen MR) is 60.8 cm³/mol. The maximum atomic E-state index is 3.50. The Kier molecular flexibility index (Phi) is 234. The Morgan fingerprint density at radius 3 is 0.357 bits per heavy atom. The third-order valence-electron chi connectivity index (χ3n) is 0. The molecule has 0 aliphatic rings. The molecule has 0 heterocycles. The van der Waals surface area contributed by atoms with Gasteiger partial charge in [-0.05, 0) is 0 Å². The normalized spacial score (nSPS) is 5.14. The summed E-state index contributed by atoms with van der Waals surface area (Å²) in [4.78, 5) is 0. The van der Waals surface area contributed by atoms with E-state index >= 15 is 0 Å². The van der Waals surface area contributed by atoms with Crippen molar-refractivity contribution >= 4 is 0 Å². The molecule has 0 spiro atoms. The van der Waals surface area contributed by atoms with Crippen molar-refractivity contribution in [2.24, 2.45) is 0 Å². The van der Waals surface area contributed by atoms with Crippen LogP contribution in [-0.2, 0) is 43.4 Å². The minimum atomic E-state index is 0. The van der Waals surface area contributed by atoms with Crippen LogP contribution in [0.3, 0.4) is 0 Å². The van der Waals surface area contributed by atoms with Crippen LogP contribution in [0.15, 0.2) is 0 Å². The summed E-state index contributed by atoms with van der Waals surface area (Å²) >= 11 is 0. The van der Waals surface area contributed by atoms with Crippen molar-refractivity contribution < 1.29 is 43.4 Å². The number of hydrogen-bond acceptors (Lipinski definition) is 0. The van der Waals surface area contributed by atoms with Gasteiger partial charge < -0.3 is 21.3 Å². The van der Waals surface area contributed by atoms with Gasteiger partial charge in [-0.1, -0.05) is 0 Å². The maximum Gasteiger partial charge on any atom is 4.00 e. The predicted octanol–water partition coefficient (Wildman–Crippen LogP) is 2.47. The Hall–Kier alpha value is 1.27. The van der Waals surface area contributed by atoms with E-state index in [1.165, 1.54) is 0 Å². The molecule has 0 atom stereocenters. The number of nitrogens with zero attached hydrogens (tertiary/aromatic N) is 4. The molecule has 6 heteroatoms. The Morgan fingerprint density at radius 1 is 0.357 bits per heavy atom. The molecule has 0 saturated carbocycles. The summed E-state index contributed by atoms with van der Waals surface area (Å²) in [5.74, 6) is 0. The van der Waals surface area contributed by atoms with E-state index in [2.05, 4.69) is 21.3 Å². The minimum Gasteiger partial charge on any atom is -0.668 e. The molecule has 0 aromatic carbocycles. The van der Waals surface area contributed by atoms with E-state index in [1.807, 2.05) is 0 Å². The fourth-order valence-electron chi connectivity index (χ4n) is 0. The van der Waals surface area contributed by atoms with Crippen LogP contribution in [0.25, 0.3) is 21.3 Å². The van der Waals surface area contributed by atoms with Crippen LogP contribution >= 0.6 is 0 Å². The van der Waals surface area contributed by atoms with E-state index in [0.29, 0.717) is 0 Å². The summed E-state index contributed by atoms with van der Waals surface area (Å²) in [5.41, 5.74) is 0. The van der Waals surface area contributed by atoms with Gasteiger partial charge in [-0.3, -0.25) is 0 Å². The number of hydrogen-bond donors (Lipinski definition) is 0. The van der Waals surface area contributed by atoms with E-state index in [1.54, 1.807) is 56.4 Å². The van der Waals surface area contributed by atoms with Crippen LogP contribution in [0.5, 0.6) is 0 Å². The molecule has 0 N–H and O–H groups in total. The van der Waals surface area contributed by atoms with Gasteiger partial charge in [0.25, 0.3) is 0 Å². The fraction of sp³-hybridized carbons (Fsp3) is 1.00. The van der Waals surface area contributed by atoms with Gasteiger partial charge in [0, 0.05) is 0 Å². The zero-order valence-corrected chi connectivity index (χ0v) is 13.9. The molecule has 14 heavy (non-hydrogen) atoms. The van der Waals surface area contributed by atoms with Gasteiger partial charge in [0.2, 0.25) is 0 Å². The minimum absolute atomic E-state index is 0. The summed E-state index contributed by atoms with van der Waals surface area (Å²) in [6.07, 6.45) is 0. The molecule has 0 unspecified atom stereocenters. The van der Waals surface area contributed by atoms with Crippen LogP contribution in [0.1, 0.15) is 0 Å². The number of rotatable bonds is 0. The molecule has 0 aliphatic heterocycles. The van der Waals surface area contributed by atoms with Crippen molar-refractivity contribution in [3.63, 3.8) is 0 Å². The van der Waals surface area contributed by atoms with E-state index < -0.39 is 0 Å². The molecule has 80 valence electrons. The largest absolute Gasteiger partial charge is 4.00 e. The maximum absolute atomic E-state index is 3.50. The van der Waals surface area contributed by atoms with Crippen molar-refractivity contribution in [2.45, 2.75) is 0 Å². The zero-order chi connectivity index (χ0) is 10.8. The molecule has 0 aromatic rings. The van der Waals surface area contributed by atoms with Gasteiger partial charge in [0.1, 0.15) is 0 Å². The van der Waals surface area contributed by atoms with Crippen molar-refractivity contribution in [1.82, 2.24) is 0 Å². The van der Waals surface area contributed by atoms with Crippen LogP contribution in [0.2, 0.25) is 0 Å². The molecule has 0 saturated heterocycles. The second-order valence-corrected chi connectivity index (χ2v) is 1.79. The van der Waals surface area contributed by atoms with E-state index in [0.717, 1.165) is 0 Å². The molecule has 0 aliphatic carbocycles. The first-order valence-corrected chi connectivity index (χ1v) is 3.58. The summed E-state index contributed by atoms with van der Waals surface area (Å²) in [6, 6.07) is 0. The van der Waals surface area contributed by atoms with Crippen LogP contribution in [0, 0.1) is 0 Å². The molecular weight excluding hydrogens is 248 g/mol. The van der Waals surface area contributed by atoms with Crippen molar-refractivity contribution in [3.8, 4) is 0 Å². The third-order valence-corrected chi connectivity index (χ3v) is 0. The Labute approximate surface area is 121 Å². The average Bonchev–Trinajstić information content (AvgIpc) is 1.92. The SMILES string of the molecule is C[N-]C.C[N-]C.C[N-]C.C[N-]C.[Ti+4].[Ti+4]. The van der Waals surface area contributed by atoms with Crippen molar-refractivity contribution in [1.29, 1.82) is 0 Å². The zero-order valence-electron chi connectivity index (χ0n) is 10.8. The van der Waals surface area contributed by atoms with Crippen LogP contribution in [-0.4, -0.2) is 56.4 Å². The molecule has 0 radical (unpaired) electrons. The first-order valence-electron chi connectivity index (χ1n) is 3.58. The molecule has 0 aromatic heterocycles. The molecule has 0 amide bonds. The van der Waals surface area contributed by atoms with Gasteiger partial charge in [-0.15, -0.1) is 0 Å². The van der Waals surface area contributed by atoms with Crippen LogP contribution in [0.4, 0.5) is 0 Å². The standard InChI is InChI=1S/4C2H6N.2Ti/c4*1-3-2;;/h4*1-2H3;;/q4*-1;2*+4. The van der Waals surface area contributed by atoms with E-state index in [-0.39, 0.29) is 43.4 Å². The Balaban J connectivity index is -0.0000000145. The monoisotopic (exact) mass is 272 g/mol. The average molecular weight is 272 g/mol. The fourth-order valence-corrected chi connectivity index (χ4v) is 0. The second kappa shape index (κ2) is 90.5. The van der Waals surface area contributed by atoms with Crippen LogP contribution < -0.4 is 0 Å². The summed E-state index contributed by atoms with van der Waals surface area (Å²) in [7, 11) is 14.0. The summed E-state index contributed by atoms with van der Waals surface area (Å²) in [6.45, 7) is 0. The van der Waals surface area contributed by atoms with Gasteiger partial charge >= 0.3 is 43.4 Å². The second-order valence-electron chi connectivity index (χ2n) is 1.79.